The number of halogens is 9. The van der Waals surface area contributed by atoms with Crippen molar-refractivity contribution in [3.05, 3.63) is 73.7 Å². The van der Waals surface area contributed by atoms with E-state index in [0.29, 0.717) is 12.1 Å². The van der Waals surface area contributed by atoms with Crippen LogP contribution in [0.5, 0.6) is 0 Å². The summed E-state index contributed by atoms with van der Waals surface area (Å²) in [4.78, 5) is 23.6. The molecule has 0 heterocycles. The normalized spacial score (nSPS) is 13.2. The summed E-state index contributed by atoms with van der Waals surface area (Å²) in [5.74, 6) is -3.30. The average molecular weight is 575 g/mol. The van der Waals surface area contributed by atoms with Crippen molar-refractivity contribution in [3.8, 4) is 0 Å². The Morgan fingerprint density at radius 2 is 1.61 bits per heavy atom. The molecule has 0 bridgehead atoms. The van der Waals surface area contributed by atoms with E-state index in [1.165, 1.54) is 0 Å². The molecule has 1 atom stereocenters. The number of hydrogen-bond acceptors (Lipinski definition) is 2. The zero-order valence-electron chi connectivity index (χ0n) is 18.7. The maximum Gasteiger partial charge on any atom is 0.417 e. The maximum atomic E-state index is 13.7. The monoisotopic (exact) mass is 573 g/mol. The molecule has 12 heteroatoms. The lowest BCUT2D eigenvalue weighted by molar-refractivity contribution is -0.139. The van der Waals surface area contributed by atoms with Gasteiger partial charge >= 0.3 is 12.4 Å². The van der Waals surface area contributed by atoms with Crippen LogP contribution in [0.25, 0.3) is 6.08 Å². The molecule has 0 radical (unpaired) electrons. The molecule has 2 rings (SSSR count). The van der Waals surface area contributed by atoms with Gasteiger partial charge < -0.3 is 5.32 Å². The van der Waals surface area contributed by atoms with Crippen LogP contribution in [-0.4, -0.2) is 24.4 Å². The SMILES string of the molecule is CCC(=O)NCCCC(=O)c1ccc(/C=C/C(c2cc(Cl)c(Cl)c(Cl)c2)C(F)(F)F)cc1C(F)(F)F. The van der Waals surface area contributed by atoms with Gasteiger partial charge in [0.05, 0.1) is 26.5 Å². The Balaban J connectivity index is 2.34. The third-order valence-corrected chi connectivity index (χ3v) is 6.27. The minimum absolute atomic E-state index is 0.123. The first-order valence-corrected chi connectivity index (χ1v) is 11.7. The van der Waals surface area contributed by atoms with Gasteiger partial charge in [-0.05, 0) is 35.7 Å². The number of carbonyl (C=O) groups is 2. The molecule has 0 aliphatic carbocycles. The fraction of sp³-hybridized carbons (Fsp3) is 0.333. The third-order valence-electron chi connectivity index (χ3n) is 5.07. The van der Waals surface area contributed by atoms with Crippen molar-refractivity contribution < 1.29 is 35.9 Å². The molecule has 1 amide bonds. The standard InChI is InChI=1S/C24H20Cl3F6NO2/c1-2-21(36)34-9-3-4-20(35)15-7-5-13(10-17(15)24(31,32)33)6-8-16(23(28,29)30)14-11-18(25)22(27)19(26)12-14/h5-8,10-12,16H,2-4,9H2,1H3,(H,34,36)/b8-6+. The number of hydrogen-bond donors (Lipinski definition) is 1. The number of amides is 1. The van der Waals surface area contributed by atoms with Crippen LogP contribution in [0.15, 0.2) is 36.4 Å². The molecule has 2 aromatic carbocycles. The van der Waals surface area contributed by atoms with E-state index in [1.54, 1.807) is 6.92 Å². The highest BCUT2D eigenvalue weighted by Crippen LogP contribution is 2.41. The van der Waals surface area contributed by atoms with E-state index in [-0.39, 0.29) is 57.9 Å². The second-order valence-corrected chi connectivity index (χ2v) is 8.90. The highest BCUT2D eigenvalue weighted by Gasteiger charge is 2.39. The van der Waals surface area contributed by atoms with E-state index in [4.69, 9.17) is 34.8 Å². The molecule has 1 unspecified atom stereocenters. The number of alkyl halides is 6. The van der Waals surface area contributed by atoms with Crippen molar-refractivity contribution in [2.24, 2.45) is 0 Å². The van der Waals surface area contributed by atoms with Gasteiger partial charge in [-0.25, -0.2) is 0 Å². The predicted octanol–water partition coefficient (Wildman–Crippen LogP) is 8.51. The van der Waals surface area contributed by atoms with Gasteiger partial charge in [0.2, 0.25) is 5.91 Å². The number of rotatable bonds is 9. The van der Waals surface area contributed by atoms with Gasteiger partial charge in [0.25, 0.3) is 0 Å². The summed E-state index contributed by atoms with van der Waals surface area (Å²) in [6.07, 6.45) is -8.09. The minimum Gasteiger partial charge on any atom is -0.356 e. The van der Waals surface area contributed by atoms with Crippen LogP contribution in [0.3, 0.4) is 0 Å². The fourth-order valence-corrected chi connectivity index (χ4v) is 3.86. The first-order chi connectivity index (χ1) is 16.6. The van der Waals surface area contributed by atoms with Crippen molar-refractivity contribution in [3.63, 3.8) is 0 Å². The van der Waals surface area contributed by atoms with Crippen molar-refractivity contribution in [1.82, 2.24) is 5.32 Å². The Morgan fingerprint density at radius 1 is 1.00 bits per heavy atom. The molecule has 0 saturated heterocycles. The lowest BCUT2D eigenvalue weighted by atomic mass is 9.95. The van der Waals surface area contributed by atoms with Gasteiger partial charge in [-0.1, -0.05) is 66.0 Å². The second-order valence-electron chi connectivity index (χ2n) is 7.71. The Kier molecular flexibility index (Phi) is 10.3. The molecule has 196 valence electrons. The summed E-state index contributed by atoms with van der Waals surface area (Å²) in [5, 5.41) is 1.97. The van der Waals surface area contributed by atoms with Gasteiger partial charge in [-0.2, -0.15) is 26.3 Å². The quantitative estimate of drug-likeness (QED) is 0.141. The van der Waals surface area contributed by atoms with Crippen LogP contribution in [0, 0.1) is 0 Å². The molecule has 0 aromatic heterocycles. The van der Waals surface area contributed by atoms with E-state index in [2.05, 4.69) is 5.32 Å². The Labute approximate surface area is 218 Å². The van der Waals surface area contributed by atoms with Gasteiger partial charge in [0.1, 0.15) is 0 Å². The van der Waals surface area contributed by atoms with Crippen LogP contribution in [0.2, 0.25) is 15.1 Å². The molecule has 36 heavy (non-hydrogen) atoms. The average Bonchev–Trinajstić information content (AvgIpc) is 2.78. The number of benzene rings is 2. The maximum absolute atomic E-state index is 13.7. The predicted molar refractivity (Wildman–Crippen MR) is 128 cm³/mol. The molecular weight excluding hydrogens is 555 g/mol. The van der Waals surface area contributed by atoms with Gasteiger partial charge in [-0.3, -0.25) is 9.59 Å². The first kappa shape index (κ1) is 30.0. The number of ketones is 1. The molecule has 0 aliphatic rings. The van der Waals surface area contributed by atoms with Crippen LogP contribution in [0.4, 0.5) is 26.3 Å². The number of Topliss-reactive ketones (excluding diaryl/α,β-unsaturated/α-hetero) is 1. The zero-order valence-corrected chi connectivity index (χ0v) is 20.9. The van der Waals surface area contributed by atoms with Crippen molar-refractivity contribution >= 4 is 52.6 Å². The van der Waals surface area contributed by atoms with Crippen LogP contribution >= 0.6 is 34.8 Å². The lowest BCUT2D eigenvalue weighted by Crippen LogP contribution is -2.24. The van der Waals surface area contributed by atoms with Crippen molar-refractivity contribution in [2.75, 3.05) is 6.54 Å². The van der Waals surface area contributed by atoms with Crippen LogP contribution in [-0.2, 0) is 11.0 Å². The summed E-state index contributed by atoms with van der Waals surface area (Å²) >= 11 is 17.4. The Bertz CT molecular complexity index is 1120. The van der Waals surface area contributed by atoms with E-state index in [9.17, 15) is 35.9 Å². The summed E-state index contributed by atoms with van der Waals surface area (Å²) in [6.45, 7) is 1.75. The van der Waals surface area contributed by atoms with E-state index in [1.807, 2.05) is 0 Å². The molecule has 2 aromatic rings. The lowest BCUT2D eigenvalue weighted by Gasteiger charge is -2.18. The number of nitrogens with one attached hydrogen (secondary N) is 1. The Hall–Kier alpha value is -2.23. The van der Waals surface area contributed by atoms with Crippen LogP contribution < -0.4 is 5.32 Å². The highest BCUT2D eigenvalue weighted by molar-refractivity contribution is 6.48. The summed E-state index contributed by atoms with van der Waals surface area (Å²) in [6, 6.07) is 4.60. The summed E-state index contributed by atoms with van der Waals surface area (Å²) in [5.41, 5.74) is -2.43. The molecule has 3 nitrogen and oxygen atoms in total. The molecule has 1 N–H and O–H groups in total. The topological polar surface area (TPSA) is 46.2 Å². The van der Waals surface area contributed by atoms with E-state index in [0.717, 1.165) is 30.3 Å². The second kappa shape index (κ2) is 12.3. The van der Waals surface area contributed by atoms with Crippen LogP contribution in [0.1, 0.15) is 59.2 Å². The van der Waals surface area contributed by atoms with Gasteiger partial charge in [0.15, 0.2) is 5.78 Å². The highest BCUT2D eigenvalue weighted by atomic mass is 35.5. The molecular formula is C24H20Cl3F6NO2. The smallest absolute Gasteiger partial charge is 0.356 e. The third kappa shape index (κ3) is 8.15. The van der Waals surface area contributed by atoms with E-state index < -0.39 is 35.2 Å². The summed E-state index contributed by atoms with van der Waals surface area (Å²) in [7, 11) is 0. The molecule has 0 fully saturated rings. The Morgan fingerprint density at radius 3 is 2.14 bits per heavy atom. The fourth-order valence-electron chi connectivity index (χ4n) is 3.25. The largest absolute Gasteiger partial charge is 0.417 e. The number of allylic oxidation sites excluding steroid dienone is 1. The molecule has 0 aliphatic heterocycles. The first-order valence-electron chi connectivity index (χ1n) is 10.6. The van der Waals surface area contributed by atoms with Gasteiger partial charge in [0, 0.05) is 24.9 Å². The zero-order chi connectivity index (χ0) is 27.3. The number of carbonyl (C=O) groups excluding carboxylic acids is 2. The van der Waals surface area contributed by atoms with Crippen molar-refractivity contribution in [2.45, 2.75) is 44.5 Å². The van der Waals surface area contributed by atoms with E-state index >= 15 is 0 Å². The molecule has 0 saturated carbocycles. The minimum atomic E-state index is -4.92. The summed E-state index contributed by atoms with van der Waals surface area (Å²) < 4.78 is 82.1. The molecule has 0 spiro atoms. The van der Waals surface area contributed by atoms with Gasteiger partial charge in [-0.15, -0.1) is 0 Å². The van der Waals surface area contributed by atoms with Crippen molar-refractivity contribution in [1.29, 1.82) is 0 Å².